The Bertz CT molecular complexity index is 708. The van der Waals surface area contributed by atoms with Gasteiger partial charge in [0.15, 0.2) is 0 Å². The number of nitrogens with zero attached hydrogens (tertiary/aromatic N) is 4. The summed E-state index contributed by atoms with van der Waals surface area (Å²) in [6, 6.07) is 2.22. The third kappa shape index (κ3) is 5.70. The normalized spacial score (nSPS) is 22.8. The van der Waals surface area contributed by atoms with Crippen molar-refractivity contribution in [2.45, 2.75) is 84.2 Å². The first-order valence-corrected chi connectivity index (χ1v) is 11.5. The van der Waals surface area contributed by atoms with Gasteiger partial charge in [-0.2, -0.15) is 0 Å². The molecular formula is C23H36N4O3. The van der Waals surface area contributed by atoms with Gasteiger partial charge in [0.05, 0.1) is 6.61 Å². The zero-order chi connectivity index (χ0) is 21.5. The Hall–Kier alpha value is -2.18. The number of hydrogen-bond donors (Lipinski definition) is 0. The fraction of sp³-hybridized carbons (Fsp3) is 0.739. The van der Waals surface area contributed by atoms with Crippen LogP contribution in [0.1, 0.15) is 71.5 Å². The lowest BCUT2D eigenvalue weighted by Crippen LogP contribution is -2.60. The predicted octanol–water partition coefficient (Wildman–Crippen LogP) is 3.37. The Morgan fingerprint density at radius 1 is 1.13 bits per heavy atom. The van der Waals surface area contributed by atoms with Gasteiger partial charge in [-0.15, -0.1) is 0 Å². The Balaban J connectivity index is 1.58. The molecule has 30 heavy (non-hydrogen) atoms. The molecule has 2 heterocycles. The van der Waals surface area contributed by atoms with Crippen LogP contribution in [-0.2, 0) is 20.7 Å². The van der Waals surface area contributed by atoms with Crippen LogP contribution in [0.2, 0.25) is 0 Å². The molecular weight excluding hydrogens is 380 g/mol. The highest BCUT2D eigenvalue weighted by atomic mass is 16.5. The first-order valence-electron chi connectivity index (χ1n) is 11.5. The average molecular weight is 417 g/mol. The number of ether oxygens (including phenoxy) is 1. The molecule has 2 atom stereocenters. The quantitative estimate of drug-likeness (QED) is 0.635. The van der Waals surface area contributed by atoms with Crippen molar-refractivity contribution in [3.05, 3.63) is 18.1 Å². The highest BCUT2D eigenvalue weighted by molar-refractivity contribution is 5.80. The molecule has 7 heteroatoms. The number of carbonyl (C=O) groups is 2. The molecule has 1 aliphatic carbocycles. The fourth-order valence-electron chi connectivity index (χ4n) is 4.72. The molecule has 1 amide bonds. The lowest BCUT2D eigenvalue weighted by molar-refractivity contribution is -0.143. The molecule has 2 aliphatic rings. The molecule has 1 saturated heterocycles. The Labute approximate surface area is 180 Å². The molecule has 0 unspecified atom stereocenters. The van der Waals surface area contributed by atoms with Crippen LogP contribution in [0.25, 0.3) is 0 Å². The van der Waals surface area contributed by atoms with Crippen LogP contribution < -0.4 is 4.90 Å². The van der Waals surface area contributed by atoms with Crippen LogP contribution in [0.4, 0.5) is 5.82 Å². The van der Waals surface area contributed by atoms with Crippen molar-refractivity contribution in [2.24, 2.45) is 5.92 Å². The number of carbonyl (C=O) groups excluding carboxylic acids is 2. The molecule has 0 radical (unpaired) electrons. The molecule has 3 rings (SSSR count). The van der Waals surface area contributed by atoms with Gasteiger partial charge < -0.3 is 14.5 Å². The average Bonchev–Trinajstić information content (AvgIpc) is 2.74. The van der Waals surface area contributed by atoms with E-state index in [4.69, 9.17) is 4.74 Å². The monoisotopic (exact) mass is 416 g/mol. The zero-order valence-corrected chi connectivity index (χ0v) is 18.7. The van der Waals surface area contributed by atoms with Gasteiger partial charge >= 0.3 is 5.97 Å². The molecule has 0 bridgehead atoms. The van der Waals surface area contributed by atoms with Crippen LogP contribution in [0, 0.1) is 5.92 Å². The summed E-state index contributed by atoms with van der Waals surface area (Å²) in [5.74, 6) is 1.93. The summed E-state index contributed by atoms with van der Waals surface area (Å²) in [5, 5.41) is 0. The van der Waals surface area contributed by atoms with E-state index < -0.39 is 0 Å². The zero-order valence-electron chi connectivity index (χ0n) is 18.7. The van der Waals surface area contributed by atoms with E-state index in [0.29, 0.717) is 31.2 Å². The minimum Gasteiger partial charge on any atom is -0.465 e. The van der Waals surface area contributed by atoms with Crippen molar-refractivity contribution in [1.82, 2.24) is 14.9 Å². The number of hydrogen-bond acceptors (Lipinski definition) is 6. The van der Waals surface area contributed by atoms with Crippen LogP contribution in [0.15, 0.2) is 12.3 Å². The van der Waals surface area contributed by atoms with Crippen molar-refractivity contribution in [3.8, 4) is 0 Å². The number of anilines is 1. The standard InChI is InChI=1S/C23H36N4O3/c1-4-8-22(28)30-14-12-20-24-13-11-21(25-20)26-15-17(2)27(18(3)16-26)23(29)19-9-6-5-7-10-19/h11,13,17-19H,4-10,12,14-16H2,1-3H3/t17-,18+. The molecule has 7 nitrogen and oxygen atoms in total. The number of amides is 1. The van der Waals surface area contributed by atoms with Gasteiger partial charge in [-0.25, -0.2) is 9.97 Å². The van der Waals surface area contributed by atoms with Gasteiger partial charge in [-0.1, -0.05) is 26.2 Å². The summed E-state index contributed by atoms with van der Waals surface area (Å²) in [6.45, 7) is 8.07. The molecule has 2 fully saturated rings. The Morgan fingerprint density at radius 3 is 2.50 bits per heavy atom. The second kappa shape index (κ2) is 10.7. The summed E-state index contributed by atoms with van der Waals surface area (Å²) >= 11 is 0. The third-order valence-corrected chi connectivity index (χ3v) is 6.19. The van der Waals surface area contributed by atoms with Gasteiger partial charge in [0.2, 0.25) is 5.91 Å². The molecule has 1 aromatic rings. The predicted molar refractivity (Wildman–Crippen MR) is 116 cm³/mol. The SMILES string of the molecule is CCCC(=O)OCCc1nccc(N2C[C@@H](C)N(C(=O)C3CCCCC3)[C@@H](C)C2)n1. The maximum absolute atomic E-state index is 13.1. The molecule has 0 spiro atoms. The number of aromatic nitrogens is 2. The summed E-state index contributed by atoms with van der Waals surface area (Å²) in [6.07, 6.45) is 9.20. The summed E-state index contributed by atoms with van der Waals surface area (Å²) in [4.78, 5) is 38.0. The first kappa shape index (κ1) is 22.5. The Kier molecular flexibility index (Phi) is 8.05. The van der Waals surface area contributed by atoms with Crippen LogP contribution in [-0.4, -0.2) is 58.5 Å². The topological polar surface area (TPSA) is 75.6 Å². The molecule has 1 aliphatic heterocycles. The summed E-state index contributed by atoms with van der Waals surface area (Å²) in [7, 11) is 0. The van der Waals surface area contributed by atoms with Crippen molar-refractivity contribution < 1.29 is 14.3 Å². The second-order valence-corrected chi connectivity index (χ2v) is 8.74. The van der Waals surface area contributed by atoms with Crippen LogP contribution in [0.5, 0.6) is 0 Å². The van der Waals surface area contributed by atoms with Crippen LogP contribution in [0.3, 0.4) is 0 Å². The highest BCUT2D eigenvalue weighted by Crippen LogP contribution is 2.29. The van der Waals surface area contributed by atoms with E-state index >= 15 is 0 Å². The third-order valence-electron chi connectivity index (χ3n) is 6.19. The molecule has 0 aromatic carbocycles. The van der Waals surface area contributed by atoms with Crippen molar-refractivity contribution in [1.29, 1.82) is 0 Å². The van der Waals surface area contributed by atoms with E-state index in [1.807, 2.05) is 13.0 Å². The highest BCUT2D eigenvalue weighted by Gasteiger charge is 2.36. The summed E-state index contributed by atoms with van der Waals surface area (Å²) in [5.41, 5.74) is 0. The fourth-order valence-corrected chi connectivity index (χ4v) is 4.72. The van der Waals surface area contributed by atoms with E-state index in [1.165, 1.54) is 19.3 Å². The van der Waals surface area contributed by atoms with Crippen molar-refractivity contribution in [2.75, 3.05) is 24.6 Å². The van der Waals surface area contributed by atoms with E-state index in [-0.39, 0.29) is 24.0 Å². The van der Waals surface area contributed by atoms with Gasteiger partial charge in [0.25, 0.3) is 0 Å². The Morgan fingerprint density at radius 2 is 1.83 bits per heavy atom. The molecule has 166 valence electrons. The minimum absolute atomic E-state index is 0.150. The van der Waals surface area contributed by atoms with Gasteiger partial charge in [-0.05, 0) is 39.2 Å². The van der Waals surface area contributed by atoms with E-state index in [1.54, 1.807) is 6.20 Å². The second-order valence-electron chi connectivity index (χ2n) is 8.74. The van der Waals surface area contributed by atoms with Crippen LogP contribution >= 0.6 is 0 Å². The molecule has 1 aromatic heterocycles. The number of rotatable bonds is 7. The minimum atomic E-state index is -0.171. The van der Waals surface area contributed by atoms with Gasteiger partial charge in [-0.3, -0.25) is 9.59 Å². The van der Waals surface area contributed by atoms with Crippen molar-refractivity contribution in [3.63, 3.8) is 0 Å². The van der Waals surface area contributed by atoms with Gasteiger partial charge in [0, 0.05) is 50.1 Å². The van der Waals surface area contributed by atoms with E-state index in [9.17, 15) is 9.59 Å². The van der Waals surface area contributed by atoms with E-state index in [0.717, 1.165) is 38.2 Å². The number of esters is 1. The number of piperazine rings is 1. The maximum Gasteiger partial charge on any atom is 0.305 e. The smallest absolute Gasteiger partial charge is 0.305 e. The maximum atomic E-state index is 13.1. The van der Waals surface area contributed by atoms with Gasteiger partial charge in [0.1, 0.15) is 11.6 Å². The largest absolute Gasteiger partial charge is 0.465 e. The lowest BCUT2D eigenvalue weighted by atomic mass is 9.87. The molecule has 0 N–H and O–H groups in total. The lowest BCUT2D eigenvalue weighted by Gasteiger charge is -2.46. The summed E-state index contributed by atoms with van der Waals surface area (Å²) < 4.78 is 5.23. The van der Waals surface area contributed by atoms with E-state index in [2.05, 4.69) is 33.6 Å². The molecule has 1 saturated carbocycles. The first-order chi connectivity index (χ1) is 14.5. The van der Waals surface area contributed by atoms with Crippen molar-refractivity contribution >= 4 is 17.7 Å².